The van der Waals surface area contributed by atoms with Crippen LogP contribution < -0.4 is 52.5 Å². The lowest BCUT2D eigenvalue weighted by Gasteiger charge is -2.33. The third kappa shape index (κ3) is 13.7. The Morgan fingerprint density at radius 3 is 2.14 bits per heavy atom. The van der Waals surface area contributed by atoms with Gasteiger partial charge in [-0.25, -0.2) is 33.1 Å². The molecule has 24 nitrogen and oxygen atoms in total. The van der Waals surface area contributed by atoms with Gasteiger partial charge in [0.1, 0.15) is 72.5 Å². The first-order valence-corrected chi connectivity index (χ1v) is 24.2. The van der Waals surface area contributed by atoms with Crippen molar-refractivity contribution in [1.82, 2.24) is 35.5 Å². The molecule has 5 rings (SSSR count). The normalized spacial score (nSPS) is 17.5. The molecule has 0 saturated heterocycles. The number of anilines is 1. The van der Waals surface area contributed by atoms with E-state index in [1.165, 1.54) is 52.0 Å². The maximum atomic E-state index is 15.4. The van der Waals surface area contributed by atoms with Crippen LogP contribution in [0.2, 0.25) is 0 Å². The molecule has 6 atom stereocenters. The van der Waals surface area contributed by atoms with Crippen LogP contribution in [0.3, 0.4) is 0 Å². The molecule has 4 bridgehead atoms. The summed E-state index contributed by atoms with van der Waals surface area (Å²) in [6.45, 7) is 2.50. The number of fused-ring (bicyclic) bond motifs is 5. The molecule has 1 aliphatic rings. The molecule has 1 aromatic heterocycles. The van der Waals surface area contributed by atoms with Crippen LogP contribution in [0.5, 0.6) is 17.2 Å². The van der Waals surface area contributed by atoms with Crippen molar-refractivity contribution in [3.05, 3.63) is 82.3 Å². The predicted octanol–water partition coefficient (Wildman–Crippen LogP) is -0.588. The number of benzene rings is 3. The first-order chi connectivity index (χ1) is 34.6. The number of hydrogen-bond donors (Lipinski definition) is 12. The highest BCUT2D eigenvalue weighted by Gasteiger charge is 2.39. The Morgan fingerprint density at radius 1 is 0.932 bits per heavy atom. The Morgan fingerprint density at radius 2 is 1.57 bits per heavy atom. The maximum Gasteiger partial charge on any atom is 0.326 e. The van der Waals surface area contributed by atoms with Crippen molar-refractivity contribution in [3.8, 4) is 39.8 Å². The Balaban J connectivity index is 1.66. The first-order valence-electron chi connectivity index (χ1n) is 22.6. The number of nitrogen functional groups attached to an aromatic ring is 1. The number of aryl methyl sites for hydroxylation is 1. The van der Waals surface area contributed by atoms with Crippen LogP contribution in [-0.4, -0.2) is 144 Å². The van der Waals surface area contributed by atoms with Crippen LogP contribution in [-0.2, 0) is 41.7 Å². The zero-order valence-electron chi connectivity index (χ0n) is 40.6. The van der Waals surface area contributed by atoms with E-state index in [2.05, 4.69) is 25.9 Å². The molecule has 28 heteroatoms. The second-order valence-corrected chi connectivity index (χ2v) is 19.0. The number of nitrogens with zero attached hydrogens (tertiary/aromatic N) is 3. The van der Waals surface area contributed by atoms with E-state index in [0.29, 0.717) is 11.0 Å². The molecule has 4 aromatic rings. The molecule has 0 unspecified atom stereocenters. The van der Waals surface area contributed by atoms with Crippen molar-refractivity contribution in [2.45, 2.75) is 76.4 Å². The number of hydrogen-bond acceptors (Lipinski definition) is 17. The van der Waals surface area contributed by atoms with Crippen LogP contribution in [0.4, 0.5) is 19.0 Å². The molecular weight excluding hydrogens is 1000 g/mol. The van der Waals surface area contributed by atoms with Crippen molar-refractivity contribution < 1.29 is 75.5 Å². The fraction of sp³-hybridized carbons (Fsp3) is 0.413. The summed E-state index contributed by atoms with van der Waals surface area (Å²) in [5, 5.41) is 55.0. The number of aliphatic hydroxyl groups excluding tert-OH is 2. The lowest BCUT2D eigenvalue weighted by atomic mass is 9.93. The van der Waals surface area contributed by atoms with Crippen molar-refractivity contribution in [1.29, 1.82) is 0 Å². The number of carboxylic acids is 1. The summed E-state index contributed by atoms with van der Waals surface area (Å²) in [4.78, 5) is 78.6. The Kier molecular flexibility index (Phi) is 18.5. The number of nitrogens with two attached hydrogens (primary N) is 4. The molecule has 16 N–H and O–H groups in total. The van der Waals surface area contributed by atoms with E-state index in [1.807, 2.05) is 4.72 Å². The van der Waals surface area contributed by atoms with E-state index < -0.39 is 141 Å². The number of nitrogens with one attached hydrogen (secondary N) is 4. The number of rotatable bonds is 19. The van der Waals surface area contributed by atoms with Gasteiger partial charge < -0.3 is 68.0 Å². The largest absolute Gasteiger partial charge is 0.504 e. The smallest absolute Gasteiger partial charge is 0.326 e. The summed E-state index contributed by atoms with van der Waals surface area (Å²) < 4.78 is 82.9. The van der Waals surface area contributed by atoms with Gasteiger partial charge in [0, 0.05) is 55.7 Å². The molecule has 0 aliphatic carbocycles. The number of alkyl halides is 2. The summed E-state index contributed by atoms with van der Waals surface area (Å²) in [6.07, 6.45) is -2.84. The number of carboxylic acid groups (broad SMARTS) is 1. The van der Waals surface area contributed by atoms with Gasteiger partial charge in [-0.3, -0.25) is 19.2 Å². The maximum absolute atomic E-state index is 15.4. The van der Waals surface area contributed by atoms with E-state index in [4.69, 9.17) is 31.8 Å². The van der Waals surface area contributed by atoms with Crippen molar-refractivity contribution in [3.63, 3.8) is 0 Å². The number of aliphatic hydroxyl groups is 2. The van der Waals surface area contributed by atoms with Crippen LogP contribution in [0, 0.1) is 18.7 Å². The Labute approximate surface area is 422 Å². The topological polar surface area (TPSA) is 400 Å². The number of likely N-dealkylation sites (N-methyl/N-ethyl adjacent to an activating group) is 1. The van der Waals surface area contributed by atoms with Crippen molar-refractivity contribution >= 4 is 45.6 Å². The third-order valence-electron chi connectivity index (χ3n) is 11.7. The summed E-state index contributed by atoms with van der Waals surface area (Å²) in [5.74, 6) is -13.9. The van der Waals surface area contributed by atoms with Gasteiger partial charge in [0.05, 0.1) is 11.3 Å². The van der Waals surface area contributed by atoms with Gasteiger partial charge in [-0.2, -0.15) is 13.1 Å². The number of phenolic OH excluding ortho intramolecular Hbond substituents is 1. The molecule has 2 heterocycles. The Hall–Kier alpha value is -7.21. The molecule has 74 heavy (non-hydrogen) atoms. The molecular formula is C46H58F3N11O13S. The van der Waals surface area contributed by atoms with Gasteiger partial charge >= 0.3 is 5.97 Å². The van der Waals surface area contributed by atoms with Gasteiger partial charge in [0.2, 0.25) is 17.7 Å². The number of aromatic nitrogens is 2. The van der Waals surface area contributed by atoms with Crippen LogP contribution in [0.25, 0.3) is 22.5 Å². The summed E-state index contributed by atoms with van der Waals surface area (Å²) >= 11 is 0. The Bertz CT molecular complexity index is 2880. The number of carbonyl (C=O) groups is 5. The van der Waals surface area contributed by atoms with Crippen molar-refractivity contribution in [2.75, 3.05) is 45.6 Å². The van der Waals surface area contributed by atoms with Crippen LogP contribution in [0.1, 0.15) is 59.6 Å². The number of ether oxygens (including phenoxy) is 2. The molecule has 3 aromatic carbocycles. The molecule has 0 radical (unpaired) electrons. The number of carbonyl (C=O) groups excluding carboxylic acids is 4. The molecule has 1 aliphatic heterocycles. The van der Waals surface area contributed by atoms with Gasteiger partial charge in [-0.1, -0.05) is 26.0 Å². The quantitative estimate of drug-likeness (QED) is 0.0558. The summed E-state index contributed by atoms with van der Waals surface area (Å²) in [5.41, 5.74) is 15.5. The fourth-order valence-corrected chi connectivity index (χ4v) is 7.93. The van der Waals surface area contributed by atoms with E-state index in [1.54, 1.807) is 0 Å². The van der Waals surface area contributed by atoms with Crippen molar-refractivity contribution in [2.24, 2.45) is 22.5 Å². The standard InChI is InChI=1S/C46H58F3N11O13S/c1-20(2)46(48,49)25-7-8-28(31(47)14-25)40-55-21(3)36(39(52)59-40)42(65)58-33(17-54-74(53,70)71)44(67)60(5)37-24-12-30(38(63)35(13-24)73-19-27(62)16-51)29-10-23(6-9-34(29)72-18-26(61)15-50)11-32(45(68)69)57-41(64)22(4)56-43(37)66/h6-10,12-14,20,22,26-27,32-33,37,54,61-63H,11,15-19,50-51H2,1-5H3,(H,56,66)(H,57,64)(H,58,65)(H,68,69)(H2,52,55,59)(H2,53,70,71)/t22-,26+,27+,32-,33-,37-/m0/s1. The lowest BCUT2D eigenvalue weighted by molar-refractivity contribution is -0.143. The van der Waals surface area contributed by atoms with Gasteiger partial charge in [0.15, 0.2) is 17.3 Å². The fourth-order valence-electron chi connectivity index (χ4n) is 7.53. The molecule has 0 saturated carbocycles. The minimum absolute atomic E-state index is 0.0135. The summed E-state index contributed by atoms with van der Waals surface area (Å²) in [6, 6.07) is 2.04. The SMILES string of the molecule is Cc1nc(-c2ccc(C(F)(F)C(C)C)cc2F)nc(N)c1C(=O)N[C@@H](CNS(N)(=O)=O)C(=O)N(C)[C@@H]1C(=O)N[C@@H](C)C(=O)N[C@H](C(=O)O)Cc2ccc(OC[C@H](O)CN)c(c2)-c2cc1cc(OC[C@H](O)CN)c2O. The zero-order valence-corrected chi connectivity index (χ0v) is 41.4. The second kappa shape index (κ2) is 23.8. The van der Waals surface area contributed by atoms with E-state index in [0.717, 1.165) is 25.2 Å². The third-order valence-corrected chi connectivity index (χ3v) is 12.3. The average Bonchev–Trinajstić information content (AvgIpc) is 3.32. The average molecular weight is 1060 g/mol. The molecule has 0 spiro atoms. The highest BCUT2D eigenvalue weighted by molar-refractivity contribution is 7.87. The second-order valence-electron chi connectivity index (χ2n) is 17.6. The number of amides is 4. The van der Waals surface area contributed by atoms with E-state index in [-0.39, 0.29) is 65.4 Å². The van der Waals surface area contributed by atoms with Crippen LogP contribution in [0.15, 0.2) is 48.5 Å². The van der Waals surface area contributed by atoms with Crippen LogP contribution >= 0.6 is 0 Å². The van der Waals surface area contributed by atoms with E-state index in [9.17, 15) is 61.6 Å². The first kappa shape index (κ1) is 57.7. The lowest BCUT2D eigenvalue weighted by Crippen LogP contribution is -2.57. The highest BCUT2D eigenvalue weighted by Crippen LogP contribution is 2.45. The predicted molar refractivity (Wildman–Crippen MR) is 259 cm³/mol. The zero-order chi connectivity index (χ0) is 55.1. The summed E-state index contributed by atoms with van der Waals surface area (Å²) in [7, 11) is -3.59. The van der Waals surface area contributed by atoms with Gasteiger partial charge in [0.25, 0.3) is 22.0 Å². The number of aromatic hydroxyl groups is 1. The minimum Gasteiger partial charge on any atom is -0.504 e. The molecule has 0 fully saturated rings. The highest BCUT2D eigenvalue weighted by atomic mass is 32.2. The van der Waals surface area contributed by atoms with Gasteiger partial charge in [-0.05, 0) is 61.4 Å². The van der Waals surface area contributed by atoms with E-state index >= 15 is 4.39 Å². The number of halogens is 3. The molecule has 4 amide bonds. The monoisotopic (exact) mass is 1060 g/mol. The molecule has 402 valence electrons. The van der Waals surface area contributed by atoms with Gasteiger partial charge in [-0.15, -0.1) is 0 Å². The number of aliphatic carboxylic acids is 1. The minimum atomic E-state index is -4.63. The number of phenols is 1.